The maximum absolute atomic E-state index is 11.6. The molecule has 0 bridgehead atoms. The first-order valence-electron chi connectivity index (χ1n) is 6.97. The van der Waals surface area contributed by atoms with Crippen LogP contribution in [0.3, 0.4) is 0 Å². The van der Waals surface area contributed by atoms with Gasteiger partial charge in [-0.15, -0.1) is 11.3 Å². The van der Waals surface area contributed by atoms with Gasteiger partial charge in [-0.25, -0.2) is 4.79 Å². The van der Waals surface area contributed by atoms with Crippen molar-refractivity contribution >= 4 is 29.2 Å². The predicted octanol–water partition coefficient (Wildman–Crippen LogP) is 4.28. The van der Waals surface area contributed by atoms with Crippen molar-refractivity contribution < 1.29 is 9.53 Å². The molecular weight excluding hydrogens is 296 g/mol. The number of thiophene rings is 1. The number of nitrogens with one attached hydrogen (secondary N) is 1. The first kappa shape index (κ1) is 16.2. The Bertz CT molecular complexity index is 667. The number of hydrogen-bond acceptors (Lipinski definition) is 5. The summed E-state index contributed by atoms with van der Waals surface area (Å²) in [6.07, 6.45) is 1.73. The van der Waals surface area contributed by atoms with Gasteiger partial charge in [0.15, 0.2) is 0 Å². The van der Waals surface area contributed by atoms with Crippen LogP contribution in [0.25, 0.3) is 0 Å². The molecule has 22 heavy (non-hydrogen) atoms. The quantitative estimate of drug-likeness (QED) is 0.520. The molecule has 0 saturated heterocycles. The minimum absolute atomic E-state index is 0.139. The molecule has 116 valence electrons. The maximum Gasteiger partial charge on any atom is 0.350 e. The number of anilines is 1. The molecule has 0 atom stereocenters. The van der Waals surface area contributed by atoms with Crippen LogP contribution < -0.4 is 5.43 Å². The minimum atomic E-state index is -0.359. The molecule has 1 aromatic heterocycles. The summed E-state index contributed by atoms with van der Waals surface area (Å²) in [7, 11) is 1.37. The highest BCUT2D eigenvalue weighted by molar-refractivity contribution is 7.12. The average Bonchev–Trinajstić information content (AvgIpc) is 2.94. The highest BCUT2D eigenvalue weighted by Gasteiger charge is 2.13. The van der Waals surface area contributed by atoms with E-state index >= 15 is 0 Å². The Labute approximate surface area is 134 Å². The van der Waals surface area contributed by atoms with Gasteiger partial charge in [0.1, 0.15) is 4.88 Å². The fraction of sp³-hybridized carbons (Fsp3) is 0.294. The van der Waals surface area contributed by atoms with Crippen molar-refractivity contribution in [2.75, 3.05) is 12.5 Å². The molecule has 1 N–H and O–H groups in total. The average molecular weight is 316 g/mol. The van der Waals surface area contributed by atoms with Crippen LogP contribution in [0.15, 0.2) is 40.8 Å². The number of hydrazone groups is 1. The lowest BCUT2D eigenvalue weighted by Crippen LogP contribution is -2.10. The zero-order chi connectivity index (χ0) is 16.2. The Hall–Kier alpha value is -2.14. The van der Waals surface area contributed by atoms with Crippen molar-refractivity contribution in [3.63, 3.8) is 0 Å². The summed E-state index contributed by atoms with van der Waals surface area (Å²) >= 11 is 1.32. The highest BCUT2D eigenvalue weighted by Crippen LogP contribution is 2.23. The van der Waals surface area contributed by atoms with Crippen LogP contribution >= 0.6 is 11.3 Å². The number of carbonyl (C=O) groups excluding carboxylic acids is 1. The molecule has 0 aliphatic heterocycles. The monoisotopic (exact) mass is 316 g/mol. The number of ether oxygens (including phenoxy) is 1. The van der Waals surface area contributed by atoms with Gasteiger partial charge in [-0.1, -0.05) is 45.0 Å². The molecule has 0 unspecified atom stereocenters. The molecule has 0 saturated carbocycles. The standard InChI is InChI=1S/C17H20N2O2S/c1-17(2,3)13-7-5-12(6-8-13)11-18-19-14-9-10-22-15(14)16(20)21-4/h5-11,19H,1-4H3. The summed E-state index contributed by atoms with van der Waals surface area (Å²) in [4.78, 5) is 12.1. The fourth-order valence-electron chi connectivity index (χ4n) is 1.89. The van der Waals surface area contributed by atoms with Gasteiger partial charge in [0.2, 0.25) is 0 Å². The van der Waals surface area contributed by atoms with Crippen LogP contribution in [0.5, 0.6) is 0 Å². The smallest absolute Gasteiger partial charge is 0.350 e. The third-order valence-electron chi connectivity index (χ3n) is 3.21. The van der Waals surface area contributed by atoms with Crippen molar-refractivity contribution in [3.8, 4) is 0 Å². The third kappa shape index (κ3) is 3.95. The highest BCUT2D eigenvalue weighted by atomic mass is 32.1. The lowest BCUT2D eigenvalue weighted by atomic mass is 9.87. The van der Waals surface area contributed by atoms with Gasteiger partial charge in [0.05, 0.1) is 19.0 Å². The summed E-state index contributed by atoms with van der Waals surface area (Å²) < 4.78 is 4.72. The Morgan fingerprint density at radius 2 is 1.91 bits per heavy atom. The molecule has 0 aliphatic rings. The topological polar surface area (TPSA) is 50.7 Å². The zero-order valence-corrected chi connectivity index (χ0v) is 14.0. The first-order chi connectivity index (χ1) is 10.4. The number of hydrogen-bond donors (Lipinski definition) is 1. The molecule has 2 aromatic rings. The van der Waals surface area contributed by atoms with E-state index < -0.39 is 0 Å². The van der Waals surface area contributed by atoms with Crippen LogP contribution in [0.2, 0.25) is 0 Å². The number of esters is 1. The number of methoxy groups -OCH3 is 1. The second kappa shape index (κ2) is 6.75. The third-order valence-corrected chi connectivity index (χ3v) is 4.11. The molecule has 1 aromatic carbocycles. The summed E-state index contributed by atoms with van der Waals surface area (Å²) in [5, 5.41) is 6.00. The van der Waals surface area contributed by atoms with Crippen molar-refractivity contribution in [2.45, 2.75) is 26.2 Å². The van der Waals surface area contributed by atoms with E-state index in [9.17, 15) is 4.79 Å². The van der Waals surface area contributed by atoms with E-state index in [1.807, 2.05) is 17.5 Å². The van der Waals surface area contributed by atoms with Gasteiger partial charge in [0.25, 0.3) is 0 Å². The Morgan fingerprint density at radius 3 is 2.50 bits per heavy atom. The van der Waals surface area contributed by atoms with E-state index in [4.69, 9.17) is 4.74 Å². The fourth-order valence-corrected chi connectivity index (χ4v) is 2.65. The van der Waals surface area contributed by atoms with Crippen LogP contribution in [0, 0.1) is 0 Å². The molecule has 0 aliphatic carbocycles. The van der Waals surface area contributed by atoms with E-state index in [-0.39, 0.29) is 11.4 Å². The van der Waals surface area contributed by atoms with Crippen LogP contribution in [-0.2, 0) is 10.2 Å². The second-order valence-electron chi connectivity index (χ2n) is 5.90. The molecule has 4 nitrogen and oxygen atoms in total. The van der Waals surface area contributed by atoms with Gasteiger partial charge in [-0.05, 0) is 28.0 Å². The van der Waals surface area contributed by atoms with E-state index in [2.05, 4.69) is 43.4 Å². The van der Waals surface area contributed by atoms with Gasteiger partial charge in [0, 0.05) is 0 Å². The number of carbonyl (C=O) groups is 1. The van der Waals surface area contributed by atoms with Crippen molar-refractivity contribution in [3.05, 3.63) is 51.7 Å². The number of nitrogens with zero attached hydrogens (tertiary/aromatic N) is 1. The summed E-state index contributed by atoms with van der Waals surface area (Å²) in [5.74, 6) is -0.359. The second-order valence-corrected chi connectivity index (χ2v) is 6.81. The van der Waals surface area contributed by atoms with Crippen molar-refractivity contribution in [1.29, 1.82) is 0 Å². The number of benzene rings is 1. The summed E-state index contributed by atoms with van der Waals surface area (Å²) in [6, 6.07) is 10.1. The molecule has 1 heterocycles. The lowest BCUT2D eigenvalue weighted by molar-refractivity contribution is 0.0607. The van der Waals surface area contributed by atoms with E-state index in [1.165, 1.54) is 24.0 Å². The van der Waals surface area contributed by atoms with Gasteiger partial charge in [-0.2, -0.15) is 5.10 Å². The zero-order valence-electron chi connectivity index (χ0n) is 13.2. The largest absolute Gasteiger partial charge is 0.465 e. The molecule has 0 amide bonds. The van der Waals surface area contributed by atoms with Crippen molar-refractivity contribution in [1.82, 2.24) is 0 Å². The lowest BCUT2D eigenvalue weighted by Gasteiger charge is -2.18. The summed E-state index contributed by atoms with van der Waals surface area (Å²) in [5.41, 5.74) is 5.95. The molecular formula is C17H20N2O2S. The SMILES string of the molecule is COC(=O)c1sccc1NN=Cc1ccc(C(C)(C)C)cc1. The molecule has 0 fully saturated rings. The van der Waals surface area contributed by atoms with Crippen LogP contribution in [0.4, 0.5) is 5.69 Å². The van der Waals surface area contributed by atoms with Gasteiger partial charge < -0.3 is 4.74 Å². The van der Waals surface area contributed by atoms with Gasteiger partial charge in [-0.3, -0.25) is 5.43 Å². The Balaban J connectivity index is 2.04. The normalized spacial score (nSPS) is 11.6. The van der Waals surface area contributed by atoms with Crippen molar-refractivity contribution in [2.24, 2.45) is 5.10 Å². The Kier molecular flexibility index (Phi) is 4.98. The van der Waals surface area contributed by atoms with Crippen LogP contribution in [0.1, 0.15) is 41.6 Å². The molecule has 0 radical (unpaired) electrons. The first-order valence-corrected chi connectivity index (χ1v) is 7.85. The minimum Gasteiger partial charge on any atom is -0.465 e. The molecule has 5 heteroatoms. The van der Waals surface area contributed by atoms with E-state index in [1.54, 1.807) is 12.3 Å². The van der Waals surface area contributed by atoms with E-state index in [0.717, 1.165) is 5.56 Å². The van der Waals surface area contributed by atoms with Crippen LogP contribution in [-0.4, -0.2) is 19.3 Å². The predicted molar refractivity (Wildman–Crippen MR) is 92.0 cm³/mol. The summed E-state index contributed by atoms with van der Waals surface area (Å²) in [6.45, 7) is 6.55. The molecule has 2 rings (SSSR count). The maximum atomic E-state index is 11.6. The molecule has 0 spiro atoms. The van der Waals surface area contributed by atoms with Gasteiger partial charge >= 0.3 is 5.97 Å². The van der Waals surface area contributed by atoms with E-state index in [0.29, 0.717) is 10.6 Å². The Morgan fingerprint density at radius 1 is 1.23 bits per heavy atom. The number of rotatable bonds is 4.